The van der Waals surface area contributed by atoms with E-state index in [4.69, 9.17) is 5.84 Å². The van der Waals surface area contributed by atoms with E-state index >= 15 is 0 Å². The molecule has 0 spiro atoms. The molecule has 0 saturated heterocycles. The lowest BCUT2D eigenvalue weighted by atomic mass is 9.79. The second-order valence-electron chi connectivity index (χ2n) is 6.35. The highest BCUT2D eigenvalue weighted by atomic mass is 15.4. The minimum Gasteiger partial charge on any atom is -0.269 e. The van der Waals surface area contributed by atoms with E-state index in [-0.39, 0.29) is 0 Å². The number of nitrogens with two attached hydrogens (primary N) is 1. The van der Waals surface area contributed by atoms with Crippen LogP contribution in [0.1, 0.15) is 85.0 Å². The molecule has 0 aliphatic heterocycles. The molecule has 0 rings (SSSR count). The summed E-state index contributed by atoms with van der Waals surface area (Å²) in [5, 5.41) is 1.87. The van der Waals surface area contributed by atoms with Crippen LogP contribution in [-0.4, -0.2) is 18.6 Å². The molecule has 0 aromatic carbocycles. The van der Waals surface area contributed by atoms with Gasteiger partial charge >= 0.3 is 0 Å². The fraction of sp³-hybridized carbons (Fsp3) is 1.00. The van der Waals surface area contributed by atoms with E-state index in [2.05, 4.69) is 20.8 Å². The van der Waals surface area contributed by atoms with Gasteiger partial charge < -0.3 is 0 Å². The van der Waals surface area contributed by atoms with Gasteiger partial charge in [0.1, 0.15) is 0 Å². The van der Waals surface area contributed by atoms with Gasteiger partial charge in [-0.15, -0.1) is 0 Å². The third kappa shape index (κ3) is 9.90. The lowest BCUT2D eigenvalue weighted by Gasteiger charge is -2.32. The zero-order chi connectivity index (χ0) is 13.9. The molecule has 2 heteroatoms. The number of unbranched alkanes of at least 4 members (excludes halogenated alkanes) is 6. The molecule has 0 aliphatic rings. The van der Waals surface area contributed by atoms with Crippen molar-refractivity contribution in [2.75, 3.05) is 13.6 Å². The molecule has 0 bridgehead atoms. The molecule has 0 aromatic heterocycles. The van der Waals surface area contributed by atoms with Gasteiger partial charge in [0.25, 0.3) is 0 Å². The molecule has 18 heavy (non-hydrogen) atoms. The van der Waals surface area contributed by atoms with E-state index in [0.717, 1.165) is 6.54 Å². The summed E-state index contributed by atoms with van der Waals surface area (Å²) in [5.74, 6) is 5.87. The number of hydrogen-bond donors (Lipinski definition) is 1. The fourth-order valence-corrected chi connectivity index (χ4v) is 2.84. The molecule has 0 fully saturated rings. The summed E-state index contributed by atoms with van der Waals surface area (Å²) in [4.78, 5) is 0. The van der Waals surface area contributed by atoms with Crippen LogP contribution in [0.3, 0.4) is 0 Å². The highest BCUT2D eigenvalue weighted by Gasteiger charge is 2.24. The standard InChI is InChI=1S/C16H36N2/c1-5-7-9-11-13-16(3,15-18(4)17)14-12-10-8-6-2/h5-15,17H2,1-4H3. The van der Waals surface area contributed by atoms with Crippen molar-refractivity contribution in [1.82, 2.24) is 5.01 Å². The Balaban J connectivity index is 3.99. The van der Waals surface area contributed by atoms with Crippen molar-refractivity contribution in [2.45, 2.75) is 85.0 Å². The first-order chi connectivity index (χ1) is 8.54. The van der Waals surface area contributed by atoms with E-state index in [1.807, 2.05) is 12.1 Å². The lowest BCUT2D eigenvalue weighted by molar-refractivity contribution is 0.160. The van der Waals surface area contributed by atoms with Crippen molar-refractivity contribution in [3.8, 4) is 0 Å². The Morgan fingerprint density at radius 2 is 1.28 bits per heavy atom. The van der Waals surface area contributed by atoms with Crippen LogP contribution >= 0.6 is 0 Å². The van der Waals surface area contributed by atoms with Crippen LogP contribution in [0.25, 0.3) is 0 Å². The van der Waals surface area contributed by atoms with Gasteiger partial charge in [-0.25, -0.2) is 5.01 Å². The maximum Gasteiger partial charge on any atom is 0.0179 e. The van der Waals surface area contributed by atoms with Crippen LogP contribution in [0, 0.1) is 5.41 Å². The summed E-state index contributed by atoms with van der Waals surface area (Å²) in [6.07, 6.45) is 13.6. The molecular formula is C16H36N2. The molecule has 0 unspecified atom stereocenters. The van der Waals surface area contributed by atoms with Crippen LogP contribution in [-0.2, 0) is 0 Å². The van der Waals surface area contributed by atoms with Crippen LogP contribution < -0.4 is 5.84 Å². The highest BCUT2D eigenvalue weighted by Crippen LogP contribution is 2.31. The molecule has 0 saturated carbocycles. The smallest absolute Gasteiger partial charge is 0.0179 e. The largest absolute Gasteiger partial charge is 0.269 e. The molecule has 0 aliphatic carbocycles. The normalized spacial score (nSPS) is 12.3. The predicted octanol–water partition coefficient (Wildman–Crippen LogP) is 4.74. The lowest BCUT2D eigenvalue weighted by Crippen LogP contribution is -2.37. The van der Waals surface area contributed by atoms with Gasteiger partial charge in [0, 0.05) is 13.6 Å². The average molecular weight is 256 g/mol. The first-order valence-corrected chi connectivity index (χ1v) is 8.00. The van der Waals surface area contributed by atoms with Crippen LogP contribution in [0.5, 0.6) is 0 Å². The minimum atomic E-state index is 0.422. The third-order valence-electron chi connectivity index (χ3n) is 3.90. The number of hydrogen-bond acceptors (Lipinski definition) is 2. The SMILES string of the molecule is CCCCCCC(C)(CCCCCC)CN(C)N. The van der Waals surface area contributed by atoms with Gasteiger partial charge in [0.2, 0.25) is 0 Å². The molecule has 0 heterocycles. The topological polar surface area (TPSA) is 29.3 Å². The number of rotatable bonds is 12. The quantitative estimate of drug-likeness (QED) is 0.310. The van der Waals surface area contributed by atoms with E-state index in [0.29, 0.717) is 5.41 Å². The Kier molecular flexibility index (Phi) is 10.8. The second-order valence-corrected chi connectivity index (χ2v) is 6.35. The zero-order valence-corrected chi connectivity index (χ0v) is 13.3. The Hall–Kier alpha value is -0.0800. The van der Waals surface area contributed by atoms with E-state index in [9.17, 15) is 0 Å². The Labute approximate surface area is 115 Å². The van der Waals surface area contributed by atoms with Crippen molar-refractivity contribution in [3.63, 3.8) is 0 Å². The van der Waals surface area contributed by atoms with Crippen LogP contribution in [0.2, 0.25) is 0 Å². The minimum absolute atomic E-state index is 0.422. The van der Waals surface area contributed by atoms with Gasteiger partial charge in [-0.05, 0) is 18.3 Å². The average Bonchev–Trinajstić information content (AvgIpc) is 2.30. The predicted molar refractivity (Wildman–Crippen MR) is 82.4 cm³/mol. The molecule has 110 valence electrons. The van der Waals surface area contributed by atoms with Gasteiger partial charge in [-0.2, -0.15) is 0 Å². The Morgan fingerprint density at radius 3 is 1.61 bits per heavy atom. The first-order valence-electron chi connectivity index (χ1n) is 8.00. The monoisotopic (exact) mass is 256 g/mol. The van der Waals surface area contributed by atoms with Crippen molar-refractivity contribution in [2.24, 2.45) is 11.3 Å². The highest BCUT2D eigenvalue weighted by molar-refractivity contribution is 4.76. The number of nitrogens with zero attached hydrogens (tertiary/aromatic N) is 1. The number of hydrazine groups is 1. The van der Waals surface area contributed by atoms with Crippen molar-refractivity contribution < 1.29 is 0 Å². The van der Waals surface area contributed by atoms with Gasteiger partial charge in [-0.3, -0.25) is 5.84 Å². The van der Waals surface area contributed by atoms with Crippen molar-refractivity contribution in [3.05, 3.63) is 0 Å². The second kappa shape index (κ2) is 10.8. The summed E-state index contributed by atoms with van der Waals surface area (Å²) in [7, 11) is 2.00. The maximum atomic E-state index is 5.87. The fourth-order valence-electron chi connectivity index (χ4n) is 2.84. The summed E-state index contributed by atoms with van der Waals surface area (Å²) in [6.45, 7) is 8.01. The maximum absolute atomic E-state index is 5.87. The van der Waals surface area contributed by atoms with E-state index in [1.54, 1.807) is 0 Å². The molecule has 2 N–H and O–H groups in total. The van der Waals surface area contributed by atoms with Crippen LogP contribution in [0.15, 0.2) is 0 Å². The summed E-state index contributed by atoms with van der Waals surface area (Å²) in [6, 6.07) is 0. The molecule has 0 aromatic rings. The van der Waals surface area contributed by atoms with Gasteiger partial charge in [0.05, 0.1) is 0 Å². The summed E-state index contributed by atoms with van der Waals surface area (Å²) >= 11 is 0. The first kappa shape index (κ1) is 17.9. The molecule has 0 atom stereocenters. The zero-order valence-electron chi connectivity index (χ0n) is 13.3. The van der Waals surface area contributed by atoms with Gasteiger partial charge in [0.15, 0.2) is 0 Å². The van der Waals surface area contributed by atoms with E-state index < -0.39 is 0 Å². The molecule has 0 radical (unpaired) electrons. The molecule has 0 amide bonds. The summed E-state index contributed by atoms with van der Waals surface area (Å²) in [5.41, 5.74) is 0.422. The van der Waals surface area contributed by atoms with Crippen molar-refractivity contribution in [1.29, 1.82) is 0 Å². The van der Waals surface area contributed by atoms with E-state index in [1.165, 1.54) is 64.2 Å². The summed E-state index contributed by atoms with van der Waals surface area (Å²) < 4.78 is 0. The van der Waals surface area contributed by atoms with Crippen LogP contribution in [0.4, 0.5) is 0 Å². The van der Waals surface area contributed by atoms with Gasteiger partial charge in [-0.1, -0.05) is 72.1 Å². The third-order valence-corrected chi connectivity index (χ3v) is 3.90. The Morgan fingerprint density at radius 1 is 0.833 bits per heavy atom. The Bertz CT molecular complexity index is 166. The molecular weight excluding hydrogens is 220 g/mol. The molecule has 2 nitrogen and oxygen atoms in total. The van der Waals surface area contributed by atoms with Crippen molar-refractivity contribution >= 4 is 0 Å².